The molecule has 8 aromatic carbocycles. The van der Waals surface area contributed by atoms with Crippen molar-refractivity contribution in [3.8, 4) is 22.3 Å². The van der Waals surface area contributed by atoms with E-state index in [9.17, 15) is 0 Å². The van der Waals surface area contributed by atoms with Crippen molar-refractivity contribution in [3.05, 3.63) is 194 Å². The second kappa shape index (κ2) is 12.6. The fourth-order valence-electron chi connectivity index (χ4n) is 7.88. The Morgan fingerprint density at radius 1 is 0.538 bits per heavy atom. The van der Waals surface area contributed by atoms with Gasteiger partial charge >= 0.3 is 0 Å². The summed E-state index contributed by atoms with van der Waals surface area (Å²) in [6, 6.07) is 58.8. The van der Waals surface area contributed by atoms with E-state index < -0.39 is 0 Å². The number of aromatic nitrogens is 1. The third-order valence-electron chi connectivity index (χ3n) is 10.4. The molecule has 1 atom stereocenters. The van der Waals surface area contributed by atoms with Gasteiger partial charge in [0.2, 0.25) is 5.89 Å². The molecule has 0 aliphatic heterocycles. The Hall–Kier alpha value is -6.71. The van der Waals surface area contributed by atoms with Gasteiger partial charge in [0.25, 0.3) is 0 Å². The van der Waals surface area contributed by atoms with E-state index in [0.717, 1.165) is 62.4 Å². The lowest BCUT2D eigenvalue weighted by molar-refractivity contribution is 0.507. The predicted octanol–water partition coefficient (Wildman–Crippen LogP) is 13.7. The first-order valence-electron chi connectivity index (χ1n) is 17.9. The van der Waals surface area contributed by atoms with Crippen molar-refractivity contribution in [2.75, 3.05) is 4.90 Å². The average Bonchev–Trinajstić information content (AvgIpc) is 3.67. The standard InChI is InChI=1S/C49H34N2O/c1-3-14-33(15-4-1)40-21-11-12-24-45(40)51(46-25-13-19-35-28-31-44-48(47(35)46)52-49(50-44)36-16-5-2-6-17-36)38-29-26-34(27-30-38)43-32-37-18-7-8-20-39(37)41-22-9-10-23-42(41)43/h1-16,18-32,36H,17H2. The Kier molecular flexibility index (Phi) is 7.28. The SMILES string of the molecule is C1=CCC(c2nc3ccc4cccc(N(c5ccc(-c6cc7ccccc7c7ccccc67)cc5)c5ccccc5-c5ccccc5)c4c3o2)C=C1. The van der Waals surface area contributed by atoms with Crippen LogP contribution in [-0.4, -0.2) is 4.98 Å². The van der Waals surface area contributed by atoms with E-state index in [1.165, 1.54) is 32.7 Å². The Morgan fingerprint density at radius 2 is 1.25 bits per heavy atom. The smallest absolute Gasteiger partial charge is 0.202 e. The Balaban J connectivity index is 1.19. The molecule has 0 saturated carbocycles. The molecule has 3 heteroatoms. The van der Waals surface area contributed by atoms with Crippen molar-refractivity contribution in [2.45, 2.75) is 12.3 Å². The van der Waals surface area contributed by atoms with Crippen LogP contribution in [0, 0.1) is 0 Å². The van der Waals surface area contributed by atoms with Crippen LogP contribution in [0.2, 0.25) is 0 Å². The second-order valence-electron chi connectivity index (χ2n) is 13.5. The zero-order chi connectivity index (χ0) is 34.4. The first kappa shape index (κ1) is 30.1. The highest BCUT2D eigenvalue weighted by Gasteiger charge is 2.23. The number of oxazole rings is 1. The zero-order valence-corrected chi connectivity index (χ0v) is 28.5. The lowest BCUT2D eigenvalue weighted by Gasteiger charge is -2.29. The first-order chi connectivity index (χ1) is 25.8. The molecule has 3 nitrogen and oxygen atoms in total. The number of hydrogen-bond donors (Lipinski definition) is 0. The fraction of sp³-hybridized carbons (Fsp3) is 0.0408. The highest BCUT2D eigenvalue weighted by Crippen LogP contribution is 2.46. The summed E-state index contributed by atoms with van der Waals surface area (Å²) < 4.78 is 6.73. The lowest BCUT2D eigenvalue weighted by atomic mass is 9.93. The van der Waals surface area contributed by atoms with Crippen LogP contribution < -0.4 is 4.90 Å². The van der Waals surface area contributed by atoms with Crippen molar-refractivity contribution in [2.24, 2.45) is 0 Å². The van der Waals surface area contributed by atoms with Gasteiger partial charge in [0.1, 0.15) is 5.52 Å². The van der Waals surface area contributed by atoms with Gasteiger partial charge in [-0.2, -0.15) is 0 Å². The molecule has 0 N–H and O–H groups in total. The van der Waals surface area contributed by atoms with Crippen LogP contribution in [0.5, 0.6) is 0 Å². The van der Waals surface area contributed by atoms with Crippen LogP contribution >= 0.6 is 0 Å². The predicted molar refractivity (Wildman–Crippen MR) is 218 cm³/mol. The Labute approximate surface area is 302 Å². The van der Waals surface area contributed by atoms with Gasteiger partial charge < -0.3 is 9.32 Å². The van der Waals surface area contributed by atoms with E-state index in [2.05, 4.69) is 193 Å². The molecule has 0 spiro atoms. The summed E-state index contributed by atoms with van der Waals surface area (Å²) in [7, 11) is 0. The van der Waals surface area contributed by atoms with E-state index >= 15 is 0 Å². The molecule has 246 valence electrons. The summed E-state index contributed by atoms with van der Waals surface area (Å²) in [5, 5.41) is 7.18. The van der Waals surface area contributed by atoms with Gasteiger partial charge in [-0.05, 0) is 86.4 Å². The summed E-state index contributed by atoms with van der Waals surface area (Å²) in [6.45, 7) is 0. The Bertz CT molecular complexity index is 2830. The van der Waals surface area contributed by atoms with Gasteiger partial charge in [-0.15, -0.1) is 0 Å². The summed E-state index contributed by atoms with van der Waals surface area (Å²) in [5.74, 6) is 0.870. The molecule has 0 amide bonds. The molecule has 1 unspecified atom stereocenters. The van der Waals surface area contributed by atoms with E-state index in [1.54, 1.807) is 0 Å². The monoisotopic (exact) mass is 666 g/mol. The largest absolute Gasteiger partial charge is 0.439 e. The van der Waals surface area contributed by atoms with Crippen LogP contribution in [0.4, 0.5) is 17.1 Å². The highest BCUT2D eigenvalue weighted by atomic mass is 16.3. The van der Waals surface area contributed by atoms with Crippen molar-refractivity contribution in [1.82, 2.24) is 4.98 Å². The molecule has 1 aliphatic rings. The van der Waals surface area contributed by atoms with Crippen molar-refractivity contribution >= 4 is 60.5 Å². The number of rotatable bonds is 6. The number of nitrogens with zero attached hydrogens (tertiary/aromatic N) is 2. The molecule has 0 bridgehead atoms. The van der Waals surface area contributed by atoms with Crippen molar-refractivity contribution < 1.29 is 4.42 Å². The second-order valence-corrected chi connectivity index (χ2v) is 13.5. The maximum absolute atomic E-state index is 6.73. The third kappa shape index (κ3) is 5.09. The molecular formula is C49H34N2O. The number of hydrogen-bond acceptors (Lipinski definition) is 3. The minimum atomic E-state index is 0.119. The van der Waals surface area contributed by atoms with E-state index in [4.69, 9.17) is 9.40 Å². The van der Waals surface area contributed by atoms with Crippen molar-refractivity contribution in [3.63, 3.8) is 0 Å². The third-order valence-corrected chi connectivity index (χ3v) is 10.4. The molecule has 0 saturated heterocycles. The number of benzene rings is 8. The van der Waals surface area contributed by atoms with E-state index in [0.29, 0.717) is 0 Å². The number of allylic oxidation sites excluding steroid dienone is 4. The quantitative estimate of drug-likeness (QED) is 0.165. The van der Waals surface area contributed by atoms with Gasteiger partial charge in [-0.25, -0.2) is 4.98 Å². The van der Waals surface area contributed by atoms with Gasteiger partial charge in [0.05, 0.1) is 22.7 Å². The molecule has 9 aromatic rings. The minimum Gasteiger partial charge on any atom is -0.439 e. The van der Waals surface area contributed by atoms with Crippen molar-refractivity contribution in [1.29, 1.82) is 0 Å². The molecule has 52 heavy (non-hydrogen) atoms. The van der Waals surface area contributed by atoms with Crippen LogP contribution in [0.3, 0.4) is 0 Å². The molecule has 10 rings (SSSR count). The molecular weight excluding hydrogens is 633 g/mol. The summed E-state index contributed by atoms with van der Waals surface area (Å²) in [6.07, 6.45) is 9.40. The Morgan fingerprint density at radius 3 is 2.10 bits per heavy atom. The van der Waals surface area contributed by atoms with Crippen LogP contribution in [0.1, 0.15) is 18.2 Å². The number of para-hydroxylation sites is 1. The van der Waals surface area contributed by atoms with E-state index in [1.807, 2.05) is 0 Å². The summed E-state index contributed by atoms with van der Waals surface area (Å²) in [4.78, 5) is 7.41. The van der Waals surface area contributed by atoms with Crippen LogP contribution in [0.15, 0.2) is 193 Å². The molecule has 1 heterocycles. The molecule has 1 aromatic heterocycles. The number of anilines is 3. The minimum absolute atomic E-state index is 0.119. The molecule has 0 fully saturated rings. The van der Waals surface area contributed by atoms with Gasteiger partial charge in [-0.1, -0.05) is 152 Å². The van der Waals surface area contributed by atoms with Gasteiger partial charge in [-0.3, -0.25) is 0 Å². The molecule has 0 radical (unpaired) electrons. The summed E-state index contributed by atoms with van der Waals surface area (Å²) in [5.41, 5.74) is 9.57. The normalized spacial score (nSPS) is 14.1. The maximum atomic E-state index is 6.73. The lowest BCUT2D eigenvalue weighted by Crippen LogP contribution is -2.11. The number of fused-ring (bicyclic) bond motifs is 6. The molecule has 1 aliphatic carbocycles. The van der Waals surface area contributed by atoms with Crippen LogP contribution in [-0.2, 0) is 0 Å². The highest BCUT2D eigenvalue weighted by molar-refractivity contribution is 6.14. The van der Waals surface area contributed by atoms with E-state index in [-0.39, 0.29) is 5.92 Å². The average molecular weight is 667 g/mol. The fourth-order valence-corrected chi connectivity index (χ4v) is 7.88. The first-order valence-corrected chi connectivity index (χ1v) is 17.9. The topological polar surface area (TPSA) is 29.3 Å². The zero-order valence-electron chi connectivity index (χ0n) is 28.5. The van der Waals surface area contributed by atoms with Gasteiger partial charge in [0, 0.05) is 11.3 Å². The maximum Gasteiger partial charge on any atom is 0.202 e. The summed E-state index contributed by atoms with van der Waals surface area (Å²) >= 11 is 0. The van der Waals surface area contributed by atoms with Gasteiger partial charge in [0.15, 0.2) is 5.58 Å². The van der Waals surface area contributed by atoms with Crippen LogP contribution in [0.25, 0.3) is 65.7 Å².